The average molecular weight is 533 g/mol. The van der Waals surface area contributed by atoms with Gasteiger partial charge in [-0.05, 0) is 71.8 Å². The topological polar surface area (TPSA) is 88.8 Å². The van der Waals surface area contributed by atoms with Gasteiger partial charge in [0.25, 0.3) is 0 Å². The molecule has 0 saturated heterocycles. The highest BCUT2D eigenvalue weighted by Crippen LogP contribution is 2.35. The maximum Gasteiger partial charge on any atom is 0.156 e. The van der Waals surface area contributed by atoms with E-state index >= 15 is 4.39 Å². The number of benzene rings is 2. The predicted molar refractivity (Wildman–Crippen MR) is 163 cm³/mol. The van der Waals surface area contributed by atoms with Crippen molar-refractivity contribution in [3.05, 3.63) is 114 Å². The Morgan fingerprint density at radius 1 is 0.975 bits per heavy atom. The zero-order chi connectivity index (χ0) is 28.2. The van der Waals surface area contributed by atoms with E-state index in [9.17, 15) is 0 Å². The molecule has 0 amide bonds. The van der Waals surface area contributed by atoms with Crippen molar-refractivity contribution < 1.29 is 4.39 Å². The first-order chi connectivity index (χ1) is 19.4. The summed E-state index contributed by atoms with van der Waals surface area (Å²) in [4.78, 5) is 13.6. The van der Waals surface area contributed by atoms with E-state index in [2.05, 4.69) is 52.1 Å². The van der Waals surface area contributed by atoms with Crippen LogP contribution in [0.25, 0.3) is 27.7 Å². The summed E-state index contributed by atoms with van der Waals surface area (Å²) in [5, 5.41) is 7.48. The number of hydrogen-bond donors (Lipinski definition) is 3. The highest BCUT2D eigenvalue weighted by atomic mass is 19.1. The van der Waals surface area contributed by atoms with Gasteiger partial charge in [-0.1, -0.05) is 50.8 Å². The number of aromatic nitrogens is 3. The molecule has 6 nitrogen and oxygen atoms in total. The van der Waals surface area contributed by atoms with Crippen molar-refractivity contribution in [1.29, 1.82) is 0 Å². The van der Waals surface area contributed by atoms with Crippen molar-refractivity contribution in [2.45, 2.75) is 39.7 Å². The van der Waals surface area contributed by atoms with E-state index < -0.39 is 0 Å². The van der Waals surface area contributed by atoms with E-state index in [0.29, 0.717) is 40.9 Å². The molecule has 7 heteroatoms. The lowest BCUT2D eigenvalue weighted by Crippen LogP contribution is -2.04. The lowest BCUT2D eigenvalue weighted by molar-refractivity contribution is 0.635. The monoisotopic (exact) mass is 532 g/mol. The number of halogens is 1. The Labute approximate surface area is 234 Å². The molecular formula is C33H33FN6. The average Bonchev–Trinajstić information content (AvgIpc) is 2.99. The summed E-state index contributed by atoms with van der Waals surface area (Å²) in [5.41, 5.74) is 13.1. The fourth-order valence-corrected chi connectivity index (χ4v) is 4.67. The third-order valence-electron chi connectivity index (χ3n) is 7.33. The number of nitrogens with one attached hydrogen (secondary N) is 2. The Bertz CT molecular complexity index is 1680. The molecule has 0 bridgehead atoms. The molecule has 2 aromatic carbocycles. The molecule has 1 unspecified atom stereocenters. The Kier molecular flexibility index (Phi) is 7.84. The van der Waals surface area contributed by atoms with Crippen molar-refractivity contribution >= 4 is 33.8 Å². The zero-order valence-corrected chi connectivity index (χ0v) is 23.0. The van der Waals surface area contributed by atoms with Gasteiger partial charge in [-0.15, -0.1) is 0 Å². The molecular weight excluding hydrogens is 499 g/mol. The lowest BCUT2D eigenvalue weighted by atomic mass is 9.98. The third kappa shape index (κ3) is 5.42. The van der Waals surface area contributed by atoms with Gasteiger partial charge in [-0.3, -0.25) is 9.97 Å². The molecule has 1 atom stereocenters. The number of fused-ring (bicyclic) bond motifs is 1. The van der Waals surface area contributed by atoms with Crippen molar-refractivity contribution in [1.82, 2.24) is 15.0 Å². The summed E-state index contributed by atoms with van der Waals surface area (Å²) in [5.74, 6) is 0.696. The smallest absolute Gasteiger partial charge is 0.156 e. The minimum atomic E-state index is -0.362. The van der Waals surface area contributed by atoms with Crippen LogP contribution in [0.3, 0.4) is 0 Å². The van der Waals surface area contributed by atoms with E-state index in [1.54, 1.807) is 24.5 Å². The first kappa shape index (κ1) is 27.0. The van der Waals surface area contributed by atoms with Crippen LogP contribution in [0.5, 0.6) is 0 Å². The minimum Gasteiger partial charge on any atom is -0.352 e. The molecule has 40 heavy (non-hydrogen) atoms. The van der Waals surface area contributed by atoms with E-state index in [0.717, 1.165) is 39.7 Å². The van der Waals surface area contributed by atoms with E-state index in [1.165, 1.54) is 5.56 Å². The molecule has 0 aliphatic carbocycles. The SMILES string of the molecule is C=C(Nc1cccc(-c2cccc(Nc3nccc4cc(CN)cnc34)c2C)c1F)c1ccc(C(C)CC)cn1. The number of nitrogens with two attached hydrogens (primary N) is 1. The van der Waals surface area contributed by atoms with Gasteiger partial charge in [-0.2, -0.15) is 0 Å². The summed E-state index contributed by atoms with van der Waals surface area (Å²) >= 11 is 0. The lowest BCUT2D eigenvalue weighted by Gasteiger charge is -2.17. The van der Waals surface area contributed by atoms with Crippen LogP contribution in [0, 0.1) is 12.7 Å². The van der Waals surface area contributed by atoms with E-state index in [-0.39, 0.29) is 5.82 Å². The number of hydrogen-bond acceptors (Lipinski definition) is 6. The molecule has 3 heterocycles. The molecule has 0 spiro atoms. The molecule has 0 radical (unpaired) electrons. The van der Waals surface area contributed by atoms with Gasteiger partial charge in [0.15, 0.2) is 11.6 Å². The standard InChI is InChI=1S/C33H33FN6/c1-5-20(2)25-12-13-29(37-19-25)22(4)39-30-11-7-9-27(31(30)34)26-8-6-10-28(21(26)3)40-33-32-24(14-15-36-33)16-23(17-35)18-38-32/h6-16,18-20,39H,4-5,17,35H2,1-3H3,(H,36,40). The van der Waals surface area contributed by atoms with Crippen LogP contribution >= 0.6 is 0 Å². The first-order valence-corrected chi connectivity index (χ1v) is 13.4. The zero-order valence-electron chi connectivity index (χ0n) is 23.0. The summed E-state index contributed by atoms with van der Waals surface area (Å²) in [6, 6.07) is 19.0. The van der Waals surface area contributed by atoms with Crippen LogP contribution in [0.1, 0.15) is 48.6 Å². The molecule has 4 N–H and O–H groups in total. The van der Waals surface area contributed by atoms with Gasteiger partial charge >= 0.3 is 0 Å². The predicted octanol–water partition coefficient (Wildman–Crippen LogP) is 7.94. The maximum atomic E-state index is 15.9. The molecule has 0 aliphatic heterocycles. The Morgan fingerprint density at radius 2 is 1.75 bits per heavy atom. The Balaban J connectivity index is 1.42. The highest BCUT2D eigenvalue weighted by Gasteiger charge is 2.16. The van der Waals surface area contributed by atoms with Crippen LogP contribution in [0.4, 0.5) is 21.6 Å². The van der Waals surface area contributed by atoms with Crippen LogP contribution in [-0.4, -0.2) is 15.0 Å². The molecule has 5 aromatic rings. The van der Waals surface area contributed by atoms with E-state index in [4.69, 9.17) is 5.73 Å². The summed E-state index contributed by atoms with van der Waals surface area (Å²) in [7, 11) is 0. The largest absolute Gasteiger partial charge is 0.352 e. The van der Waals surface area contributed by atoms with Gasteiger partial charge < -0.3 is 16.4 Å². The van der Waals surface area contributed by atoms with Gasteiger partial charge in [0.05, 0.1) is 17.1 Å². The first-order valence-electron chi connectivity index (χ1n) is 13.4. The second-order valence-electron chi connectivity index (χ2n) is 9.94. The quantitative estimate of drug-likeness (QED) is 0.179. The second kappa shape index (κ2) is 11.6. The van der Waals surface area contributed by atoms with Crippen LogP contribution < -0.4 is 16.4 Å². The van der Waals surface area contributed by atoms with Crippen LogP contribution in [-0.2, 0) is 6.54 Å². The van der Waals surface area contributed by atoms with Crippen molar-refractivity contribution in [3.8, 4) is 11.1 Å². The van der Waals surface area contributed by atoms with Gasteiger partial charge in [-0.25, -0.2) is 9.37 Å². The van der Waals surface area contributed by atoms with Gasteiger partial charge in [0.2, 0.25) is 0 Å². The molecule has 0 fully saturated rings. The number of anilines is 3. The van der Waals surface area contributed by atoms with Crippen molar-refractivity contribution in [2.24, 2.45) is 5.73 Å². The molecule has 202 valence electrons. The number of rotatable bonds is 9. The Hall–Kier alpha value is -4.62. The van der Waals surface area contributed by atoms with Crippen LogP contribution in [0.2, 0.25) is 0 Å². The van der Waals surface area contributed by atoms with Gasteiger partial charge in [0, 0.05) is 41.8 Å². The third-order valence-corrected chi connectivity index (χ3v) is 7.33. The fourth-order valence-electron chi connectivity index (χ4n) is 4.67. The van der Waals surface area contributed by atoms with Crippen molar-refractivity contribution in [2.75, 3.05) is 10.6 Å². The molecule has 0 saturated carbocycles. The highest BCUT2D eigenvalue weighted by molar-refractivity contribution is 5.91. The Morgan fingerprint density at radius 3 is 2.48 bits per heavy atom. The molecule has 5 rings (SSSR count). The number of nitrogens with zero attached hydrogens (tertiary/aromatic N) is 3. The maximum absolute atomic E-state index is 15.9. The fraction of sp³-hybridized carbons (Fsp3) is 0.182. The van der Waals surface area contributed by atoms with E-state index in [1.807, 2.05) is 55.6 Å². The van der Waals surface area contributed by atoms with Crippen LogP contribution in [0.15, 0.2) is 85.8 Å². The molecule has 3 aromatic heterocycles. The minimum absolute atomic E-state index is 0.337. The second-order valence-corrected chi connectivity index (χ2v) is 9.94. The molecule has 0 aliphatic rings. The summed E-state index contributed by atoms with van der Waals surface area (Å²) in [6.45, 7) is 10.8. The summed E-state index contributed by atoms with van der Waals surface area (Å²) in [6.07, 6.45) is 6.40. The number of pyridine rings is 3. The normalized spacial score (nSPS) is 11.8. The van der Waals surface area contributed by atoms with Crippen molar-refractivity contribution in [3.63, 3.8) is 0 Å². The summed E-state index contributed by atoms with van der Waals surface area (Å²) < 4.78 is 15.9. The van der Waals surface area contributed by atoms with Gasteiger partial charge in [0.1, 0.15) is 5.52 Å².